The third kappa shape index (κ3) is 13.6. The molecule has 0 aliphatic heterocycles. The normalized spacial score (nSPS) is 11.8. The van der Waals surface area contributed by atoms with Crippen LogP contribution in [0, 0.1) is 11.8 Å². The Hall–Kier alpha value is -2.70. The standard InChI is InChI=1S/C12H26O2.2C7H6O2/c1-3-5-7-11(9-13)12(10-14)8-6-4-2;2*8-7(9)6-4-2-1-3-5-6/h11-14H,3-10H2,1-2H3;2*1-5H,(H,8,9). The molecule has 6 nitrogen and oxygen atoms in total. The second-order valence-corrected chi connectivity index (χ2v) is 7.51. The molecular formula is C26H38O6. The van der Waals surface area contributed by atoms with Crippen molar-refractivity contribution >= 4 is 11.9 Å². The van der Waals surface area contributed by atoms with Crippen molar-refractivity contribution in [3.8, 4) is 0 Å². The van der Waals surface area contributed by atoms with Crippen molar-refractivity contribution in [2.45, 2.75) is 52.4 Å². The predicted molar refractivity (Wildman–Crippen MR) is 127 cm³/mol. The molecule has 0 aromatic heterocycles. The first-order valence-corrected chi connectivity index (χ1v) is 11.2. The van der Waals surface area contributed by atoms with Crippen LogP contribution in [0.2, 0.25) is 0 Å². The number of hydrogen-bond donors (Lipinski definition) is 4. The lowest BCUT2D eigenvalue weighted by Gasteiger charge is -2.23. The van der Waals surface area contributed by atoms with Gasteiger partial charge in [0.25, 0.3) is 0 Å². The number of carbonyl (C=O) groups is 2. The second-order valence-electron chi connectivity index (χ2n) is 7.51. The summed E-state index contributed by atoms with van der Waals surface area (Å²) in [6.45, 7) is 4.78. The third-order valence-corrected chi connectivity index (χ3v) is 5.03. The number of benzene rings is 2. The first-order valence-electron chi connectivity index (χ1n) is 11.2. The van der Waals surface area contributed by atoms with E-state index in [1.807, 2.05) is 0 Å². The summed E-state index contributed by atoms with van der Waals surface area (Å²) in [5, 5.41) is 35.3. The molecule has 0 spiro atoms. The van der Waals surface area contributed by atoms with Crippen LogP contribution in [-0.4, -0.2) is 45.6 Å². The molecule has 0 fully saturated rings. The van der Waals surface area contributed by atoms with Crippen LogP contribution in [0.4, 0.5) is 0 Å². The van der Waals surface area contributed by atoms with Gasteiger partial charge in [-0.15, -0.1) is 0 Å². The van der Waals surface area contributed by atoms with Gasteiger partial charge in [-0.25, -0.2) is 9.59 Å². The highest BCUT2D eigenvalue weighted by atomic mass is 16.4. The SMILES string of the molecule is CCCCC(CO)C(CO)CCCC.O=C(O)c1ccccc1.O=C(O)c1ccccc1. The minimum Gasteiger partial charge on any atom is -0.478 e. The Morgan fingerprint density at radius 1 is 0.656 bits per heavy atom. The molecule has 2 unspecified atom stereocenters. The lowest BCUT2D eigenvalue weighted by atomic mass is 9.85. The molecule has 0 amide bonds. The number of rotatable bonds is 11. The highest BCUT2D eigenvalue weighted by molar-refractivity contribution is 5.87. The summed E-state index contributed by atoms with van der Waals surface area (Å²) in [6.07, 6.45) is 6.77. The van der Waals surface area contributed by atoms with Gasteiger partial charge in [0.05, 0.1) is 11.1 Å². The van der Waals surface area contributed by atoms with Gasteiger partial charge in [0.15, 0.2) is 0 Å². The summed E-state index contributed by atoms with van der Waals surface area (Å²) in [4.78, 5) is 20.4. The monoisotopic (exact) mass is 446 g/mol. The smallest absolute Gasteiger partial charge is 0.335 e. The molecule has 0 saturated carbocycles. The molecule has 0 bridgehead atoms. The number of aliphatic hydroxyl groups is 2. The first kappa shape index (κ1) is 29.3. The molecule has 2 aromatic rings. The number of aromatic carboxylic acids is 2. The van der Waals surface area contributed by atoms with E-state index in [0.717, 1.165) is 25.7 Å². The molecule has 0 saturated heterocycles. The molecule has 32 heavy (non-hydrogen) atoms. The zero-order chi connectivity index (χ0) is 24.2. The van der Waals surface area contributed by atoms with E-state index in [4.69, 9.17) is 10.2 Å². The Morgan fingerprint density at radius 2 is 0.969 bits per heavy atom. The first-order chi connectivity index (χ1) is 15.4. The molecule has 0 heterocycles. The van der Waals surface area contributed by atoms with Gasteiger partial charge in [0, 0.05) is 13.2 Å². The molecule has 0 radical (unpaired) electrons. The molecular weight excluding hydrogens is 408 g/mol. The van der Waals surface area contributed by atoms with Crippen LogP contribution >= 0.6 is 0 Å². The fraction of sp³-hybridized carbons (Fsp3) is 0.462. The fourth-order valence-corrected chi connectivity index (χ4v) is 3.05. The summed E-state index contributed by atoms with van der Waals surface area (Å²) >= 11 is 0. The van der Waals surface area contributed by atoms with Gasteiger partial charge >= 0.3 is 11.9 Å². The summed E-state index contributed by atoms with van der Waals surface area (Å²) in [5.41, 5.74) is 0.662. The zero-order valence-corrected chi connectivity index (χ0v) is 19.2. The van der Waals surface area contributed by atoms with Crippen LogP contribution < -0.4 is 0 Å². The lowest BCUT2D eigenvalue weighted by Crippen LogP contribution is -2.22. The maximum absolute atomic E-state index is 10.2. The Labute approximate surface area is 191 Å². The molecule has 2 aromatic carbocycles. The van der Waals surface area contributed by atoms with E-state index in [2.05, 4.69) is 13.8 Å². The van der Waals surface area contributed by atoms with Gasteiger partial charge in [-0.05, 0) is 48.9 Å². The van der Waals surface area contributed by atoms with Gasteiger partial charge in [-0.3, -0.25) is 0 Å². The van der Waals surface area contributed by atoms with Crippen LogP contribution in [0.25, 0.3) is 0 Å². The van der Waals surface area contributed by atoms with Crippen molar-refractivity contribution in [3.05, 3.63) is 71.8 Å². The largest absolute Gasteiger partial charge is 0.478 e. The maximum Gasteiger partial charge on any atom is 0.335 e. The Bertz CT molecular complexity index is 654. The molecule has 2 atom stereocenters. The Morgan fingerprint density at radius 3 is 1.16 bits per heavy atom. The van der Waals surface area contributed by atoms with Crippen LogP contribution in [0.3, 0.4) is 0 Å². The minimum absolute atomic E-state index is 0.231. The van der Waals surface area contributed by atoms with E-state index in [1.54, 1.807) is 60.7 Å². The van der Waals surface area contributed by atoms with Crippen molar-refractivity contribution in [1.82, 2.24) is 0 Å². The topological polar surface area (TPSA) is 115 Å². The number of hydrogen-bond acceptors (Lipinski definition) is 4. The van der Waals surface area contributed by atoms with E-state index in [0.29, 0.717) is 23.0 Å². The number of carboxylic acid groups (broad SMARTS) is 2. The van der Waals surface area contributed by atoms with Crippen molar-refractivity contribution in [2.75, 3.05) is 13.2 Å². The van der Waals surface area contributed by atoms with Crippen LogP contribution in [0.5, 0.6) is 0 Å². The highest BCUT2D eigenvalue weighted by Crippen LogP contribution is 2.23. The molecule has 6 heteroatoms. The summed E-state index contributed by atoms with van der Waals surface area (Å²) in [5.74, 6) is -1.14. The Balaban J connectivity index is 0.000000466. The molecule has 0 aliphatic carbocycles. The number of aliphatic hydroxyl groups excluding tert-OH is 2. The molecule has 178 valence electrons. The van der Waals surface area contributed by atoms with E-state index in [1.165, 1.54) is 12.8 Å². The maximum atomic E-state index is 10.2. The molecule has 4 N–H and O–H groups in total. The average molecular weight is 447 g/mol. The van der Waals surface area contributed by atoms with Crippen molar-refractivity contribution in [3.63, 3.8) is 0 Å². The Kier molecular flexibility index (Phi) is 17.4. The van der Waals surface area contributed by atoms with Crippen LogP contribution in [0.1, 0.15) is 73.1 Å². The highest BCUT2D eigenvalue weighted by Gasteiger charge is 2.18. The van der Waals surface area contributed by atoms with Gasteiger partial charge in [0.2, 0.25) is 0 Å². The zero-order valence-electron chi connectivity index (χ0n) is 19.2. The van der Waals surface area contributed by atoms with Crippen LogP contribution in [-0.2, 0) is 0 Å². The summed E-state index contributed by atoms with van der Waals surface area (Å²) in [6, 6.07) is 16.6. The summed E-state index contributed by atoms with van der Waals surface area (Å²) < 4.78 is 0. The number of unbranched alkanes of at least 4 members (excludes halogenated alkanes) is 2. The van der Waals surface area contributed by atoms with Gasteiger partial charge in [-0.1, -0.05) is 75.9 Å². The van der Waals surface area contributed by atoms with Crippen molar-refractivity contribution < 1.29 is 30.0 Å². The van der Waals surface area contributed by atoms with Gasteiger partial charge < -0.3 is 20.4 Å². The quantitative estimate of drug-likeness (QED) is 0.370. The second kappa shape index (κ2) is 19.0. The van der Waals surface area contributed by atoms with E-state index < -0.39 is 11.9 Å². The fourth-order valence-electron chi connectivity index (χ4n) is 3.05. The predicted octanol–water partition coefficient (Wildman–Crippen LogP) is 5.35. The van der Waals surface area contributed by atoms with Crippen molar-refractivity contribution in [1.29, 1.82) is 0 Å². The van der Waals surface area contributed by atoms with Gasteiger partial charge in [-0.2, -0.15) is 0 Å². The molecule has 2 rings (SSSR count). The summed E-state index contributed by atoms with van der Waals surface area (Å²) in [7, 11) is 0. The van der Waals surface area contributed by atoms with E-state index in [-0.39, 0.29) is 13.2 Å². The van der Waals surface area contributed by atoms with Gasteiger partial charge in [0.1, 0.15) is 0 Å². The third-order valence-electron chi connectivity index (χ3n) is 5.03. The lowest BCUT2D eigenvalue weighted by molar-refractivity contribution is 0.0686. The van der Waals surface area contributed by atoms with Crippen molar-refractivity contribution in [2.24, 2.45) is 11.8 Å². The minimum atomic E-state index is -0.879. The van der Waals surface area contributed by atoms with E-state index >= 15 is 0 Å². The number of carboxylic acids is 2. The van der Waals surface area contributed by atoms with Crippen LogP contribution in [0.15, 0.2) is 60.7 Å². The molecule has 0 aliphatic rings. The average Bonchev–Trinajstić information content (AvgIpc) is 2.83. The van der Waals surface area contributed by atoms with E-state index in [9.17, 15) is 19.8 Å².